The van der Waals surface area contributed by atoms with Gasteiger partial charge >= 0.3 is 0 Å². The van der Waals surface area contributed by atoms with E-state index in [4.69, 9.17) is 4.98 Å². The van der Waals surface area contributed by atoms with Gasteiger partial charge in [0.2, 0.25) is 0 Å². The molecule has 0 aliphatic carbocycles. The quantitative estimate of drug-likeness (QED) is 0.173. The maximum atomic E-state index is 5.17. The molecule has 0 N–H and O–H groups in total. The summed E-state index contributed by atoms with van der Waals surface area (Å²) in [6.45, 7) is 4.58. The molecule has 2 aromatic heterocycles. The topological polar surface area (TPSA) is 33.4 Å². The Morgan fingerprint density at radius 3 is 2.04 bits per heavy atom. The molecular weight excluding hydrogens is 621 g/mol. The maximum absolute atomic E-state index is 5.17. The SMILES string of the molecule is C=Nc1ccccc1N1Cc2cc3ccccc3nc2-c2ccc(-c3ccc(-c4ccc5c(c4)c4ccccc4n5-c4ccccc4)cc3)cc21. The molecule has 0 saturated heterocycles. The van der Waals surface area contributed by atoms with Crippen molar-refractivity contribution < 1.29 is 0 Å². The van der Waals surface area contributed by atoms with E-state index in [1.807, 2.05) is 12.1 Å². The average Bonchev–Trinajstić information content (AvgIpc) is 3.53. The molecule has 1 aliphatic heterocycles. The van der Waals surface area contributed by atoms with Gasteiger partial charge in [0.15, 0.2) is 0 Å². The van der Waals surface area contributed by atoms with Crippen molar-refractivity contribution in [3.8, 4) is 39.2 Å². The van der Waals surface area contributed by atoms with E-state index in [-0.39, 0.29) is 0 Å². The van der Waals surface area contributed by atoms with Crippen LogP contribution in [0.15, 0.2) is 175 Å². The molecule has 7 aromatic carbocycles. The third kappa shape index (κ3) is 4.76. The Morgan fingerprint density at radius 1 is 0.529 bits per heavy atom. The molecule has 0 fully saturated rings. The van der Waals surface area contributed by atoms with Gasteiger partial charge in [0, 0.05) is 27.4 Å². The lowest BCUT2D eigenvalue weighted by atomic mass is 9.92. The van der Waals surface area contributed by atoms with Crippen molar-refractivity contribution >= 4 is 56.5 Å². The van der Waals surface area contributed by atoms with Crippen molar-refractivity contribution in [1.82, 2.24) is 9.55 Å². The van der Waals surface area contributed by atoms with E-state index in [0.29, 0.717) is 6.54 Å². The van der Waals surface area contributed by atoms with Crippen LogP contribution in [0.1, 0.15) is 5.56 Å². The van der Waals surface area contributed by atoms with Gasteiger partial charge in [-0.1, -0.05) is 109 Å². The molecule has 4 nitrogen and oxygen atoms in total. The Hall–Kier alpha value is -6.78. The van der Waals surface area contributed by atoms with E-state index < -0.39 is 0 Å². The second-order valence-corrected chi connectivity index (χ2v) is 13.2. The summed E-state index contributed by atoms with van der Waals surface area (Å²) in [5.41, 5.74) is 15.6. The predicted molar refractivity (Wildman–Crippen MR) is 214 cm³/mol. The highest BCUT2D eigenvalue weighted by Crippen LogP contribution is 2.47. The van der Waals surface area contributed by atoms with Gasteiger partial charge in [-0.2, -0.15) is 0 Å². The van der Waals surface area contributed by atoms with Crippen LogP contribution in [0.3, 0.4) is 0 Å². The van der Waals surface area contributed by atoms with Crippen molar-refractivity contribution in [3.05, 3.63) is 175 Å². The van der Waals surface area contributed by atoms with E-state index >= 15 is 0 Å². The van der Waals surface area contributed by atoms with Crippen molar-refractivity contribution in [2.45, 2.75) is 6.54 Å². The van der Waals surface area contributed by atoms with Crippen molar-refractivity contribution in [2.75, 3.05) is 4.90 Å². The zero-order valence-corrected chi connectivity index (χ0v) is 27.9. The Bertz CT molecular complexity index is 2790. The fraction of sp³-hybridized carbons (Fsp3) is 0.0213. The summed E-state index contributed by atoms with van der Waals surface area (Å²) in [5.74, 6) is 0. The Balaban J connectivity index is 1.06. The fourth-order valence-corrected chi connectivity index (χ4v) is 7.81. The van der Waals surface area contributed by atoms with Gasteiger partial charge in [-0.05, 0) is 95.2 Å². The summed E-state index contributed by atoms with van der Waals surface area (Å²) in [5, 5.41) is 3.65. The van der Waals surface area contributed by atoms with Crippen LogP contribution in [0, 0.1) is 0 Å². The third-order valence-corrected chi connectivity index (χ3v) is 10.3. The number of para-hydroxylation sites is 5. The Morgan fingerprint density at radius 2 is 1.20 bits per heavy atom. The molecule has 1 aliphatic rings. The molecule has 9 aromatic rings. The van der Waals surface area contributed by atoms with Gasteiger partial charge in [-0.15, -0.1) is 0 Å². The van der Waals surface area contributed by atoms with E-state index in [0.717, 1.165) is 50.3 Å². The zero-order valence-electron chi connectivity index (χ0n) is 27.9. The van der Waals surface area contributed by atoms with Crippen molar-refractivity contribution in [3.63, 3.8) is 0 Å². The lowest BCUT2D eigenvalue weighted by molar-refractivity contribution is 0.953. The first-order valence-electron chi connectivity index (χ1n) is 17.3. The van der Waals surface area contributed by atoms with Crippen LogP contribution in [-0.4, -0.2) is 16.3 Å². The molecule has 0 unspecified atom stereocenters. The number of fused-ring (bicyclic) bond motifs is 7. The van der Waals surface area contributed by atoms with Crippen LogP contribution in [0.5, 0.6) is 0 Å². The van der Waals surface area contributed by atoms with Crippen LogP contribution in [-0.2, 0) is 6.54 Å². The van der Waals surface area contributed by atoms with Gasteiger partial charge in [0.25, 0.3) is 0 Å². The van der Waals surface area contributed by atoms with Gasteiger partial charge in [-0.3, -0.25) is 4.99 Å². The largest absolute Gasteiger partial charge is 0.335 e. The Kier molecular flexibility index (Phi) is 6.68. The number of hydrogen-bond donors (Lipinski definition) is 0. The average molecular weight is 653 g/mol. The summed E-state index contributed by atoms with van der Waals surface area (Å²) in [7, 11) is 0. The van der Waals surface area contributed by atoms with E-state index in [1.54, 1.807) is 0 Å². The van der Waals surface area contributed by atoms with Crippen LogP contribution in [0.2, 0.25) is 0 Å². The van der Waals surface area contributed by atoms with Gasteiger partial charge in [0.05, 0.1) is 45.9 Å². The number of anilines is 2. The monoisotopic (exact) mass is 652 g/mol. The second kappa shape index (κ2) is 11.7. The summed E-state index contributed by atoms with van der Waals surface area (Å²) in [4.78, 5) is 11.9. The lowest BCUT2D eigenvalue weighted by Crippen LogP contribution is -2.22. The first-order chi connectivity index (χ1) is 25.2. The Labute approximate surface area is 296 Å². The molecule has 51 heavy (non-hydrogen) atoms. The highest BCUT2D eigenvalue weighted by Gasteiger charge is 2.27. The van der Waals surface area contributed by atoms with E-state index in [9.17, 15) is 0 Å². The van der Waals surface area contributed by atoms with Crippen molar-refractivity contribution in [2.24, 2.45) is 4.99 Å². The first kappa shape index (κ1) is 29.2. The maximum Gasteiger partial charge on any atom is 0.0859 e. The second-order valence-electron chi connectivity index (χ2n) is 13.2. The number of nitrogens with zero attached hydrogens (tertiary/aromatic N) is 4. The molecular formula is C47H32N4. The number of aromatic nitrogens is 2. The number of aliphatic imine (C=N–C) groups is 1. The number of pyridine rings is 1. The van der Waals surface area contributed by atoms with Gasteiger partial charge in [-0.25, -0.2) is 4.98 Å². The van der Waals surface area contributed by atoms with Crippen molar-refractivity contribution in [1.29, 1.82) is 0 Å². The summed E-state index contributed by atoms with van der Waals surface area (Å²) >= 11 is 0. The number of rotatable bonds is 5. The summed E-state index contributed by atoms with van der Waals surface area (Å²) in [6, 6.07) is 60.7. The number of hydrogen-bond acceptors (Lipinski definition) is 3. The van der Waals surface area contributed by atoms with Crippen LogP contribution in [0.4, 0.5) is 17.1 Å². The molecule has 3 heterocycles. The molecule has 0 bridgehead atoms. The molecule has 0 radical (unpaired) electrons. The minimum atomic E-state index is 0.693. The zero-order chi connectivity index (χ0) is 33.9. The molecule has 0 saturated carbocycles. The number of benzene rings is 7. The predicted octanol–water partition coefficient (Wildman–Crippen LogP) is 12.3. The molecule has 10 rings (SSSR count). The van der Waals surface area contributed by atoms with Gasteiger partial charge < -0.3 is 9.47 Å². The van der Waals surface area contributed by atoms with Crippen LogP contribution >= 0.6 is 0 Å². The highest BCUT2D eigenvalue weighted by atomic mass is 15.2. The summed E-state index contributed by atoms with van der Waals surface area (Å²) < 4.78 is 2.36. The van der Waals surface area contributed by atoms with E-state index in [2.05, 4.69) is 179 Å². The standard InChI is InChI=1S/C47H32N4/c1-48-42-16-8-10-18-45(42)50-30-36-27-35-11-5-7-15-41(35)49-47(36)39-25-23-34(29-46(39)50)32-21-19-31(20-22-32)33-24-26-44-40(28-33)38-14-6-9-17-43(38)51(44)37-12-3-2-4-13-37/h2-29H,1,30H2. The smallest absolute Gasteiger partial charge is 0.0859 e. The fourth-order valence-electron chi connectivity index (χ4n) is 7.81. The lowest BCUT2D eigenvalue weighted by Gasteiger charge is -2.33. The van der Waals surface area contributed by atoms with Gasteiger partial charge in [0.1, 0.15) is 0 Å². The first-order valence-corrected chi connectivity index (χ1v) is 17.3. The summed E-state index contributed by atoms with van der Waals surface area (Å²) in [6.07, 6.45) is 0. The molecule has 240 valence electrons. The van der Waals surface area contributed by atoms with E-state index in [1.165, 1.54) is 44.2 Å². The highest BCUT2D eigenvalue weighted by molar-refractivity contribution is 6.10. The van der Waals surface area contributed by atoms with Crippen LogP contribution in [0.25, 0.3) is 71.9 Å². The molecule has 4 heteroatoms. The minimum Gasteiger partial charge on any atom is -0.335 e. The minimum absolute atomic E-state index is 0.693. The molecule has 0 amide bonds. The molecule has 0 atom stereocenters. The molecule has 0 spiro atoms. The van der Waals surface area contributed by atoms with Crippen LogP contribution < -0.4 is 4.90 Å². The third-order valence-electron chi connectivity index (χ3n) is 10.3. The normalized spacial score (nSPS) is 12.3.